The number of phosphoric acid groups is 1. The Kier molecular flexibility index (Phi) is 36.8. The van der Waals surface area contributed by atoms with Crippen molar-refractivity contribution in [3.63, 3.8) is 0 Å². The second-order valence-electron chi connectivity index (χ2n) is 15.3. The number of ether oxygens (including phenoxy) is 2. The molecule has 9 nitrogen and oxygen atoms in total. The molecule has 0 saturated heterocycles. The van der Waals surface area contributed by atoms with Gasteiger partial charge in [0.05, 0.1) is 27.7 Å². The van der Waals surface area contributed by atoms with Crippen LogP contribution in [0.4, 0.5) is 0 Å². The fourth-order valence-corrected chi connectivity index (χ4v) is 6.02. The molecule has 0 spiro atoms. The number of rotatable bonds is 38. The summed E-state index contributed by atoms with van der Waals surface area (Å²) in [5.74, 6) is -0.913. The summed E-state index contributed by atoms with van der Waals surface area (Å²) in [7, 11) is 1.11. The van der Waals surface area contributed by atoms with Gasteiger partial charge in [-0.25, -0.2) is 0 Å². The number of likely N-dealkylation sites (N-methyl/N-ethyl adjacent to an activating group) is 1. The number of nitrogens with zero attached hydrogens (tertiary/aromatic N) is 1. The molecular formula is C47H80NO8P. The lowest BCUT2D eigenvalue weighted by Crippen LogP contribution is -2.37. The van der Waals surface area contributed by atoms with E-state index in [1.165, 1.54) is 44.9 Å². The predicted molar refractivity (Wildman–Crippen MR) is 236 cm³/mol. The van der Waals surface area contributed by atoms with Crippen molar-refractivity contribution in [3.8, 4) is 0 Å². The van der Waals surface area contributed by atoms with Gasteiger partial charge in [0, 0.05) is 12.8 Å². The van der Waals surface area contributed by atoms with Crippen LogP contribution >= 0.6 is 7.82 Å². The third kappa shape index (κ3) is 42.6. The first kappa shape index (κ1) is 54.2. The highest BCUT2D eigenvalue weighted by Crippen LogP contribution is 2.38. The van der Waals surface area contributed by atoms with E-state index in [1.807, 2.05) is 27.2 Å². The Labute approximate surface area is 348 Å². The van der Waals surface area contributed by atoms with Gasteiger partial charge >= 0.3 is 11.9 Å². The smallest absolute Gasteiger partial charge is 0.306 e. The average molecular weight is 818 g/mol. The van der Waals surface area contributed by atoms with Gasteiger partial charge in [-0.2, -0.15) is 0 Å². The van der Waals surface area contributed by atoms with Gasteiger partial charge in [0.2, 0.25) is 0 Å². The predicted octanol–water partition coefficient (Wildman–Crippen LogP) is 11.8. The number of hydrogen-bond acceptors (Lipinski definition) is 8. The summed E-state index contributed by atoms with van der Waals surface area (Å²) in [6.07, 6.45) is 49.1. The molecule has 326 valence electrons. The SMILES string of the molecule is CC/C=C\C/C=C\C/C=C\C/C=C\C/C=C\C/C=C\C/C=C\CCCC(=O)OC(COC(=O)CCCCCCCCCCCC)COP(=O)([O-])OCC[N+](C)(C)C. The summed E-state index contributed by atoms with van der Waals surface area (Å²) in [5, 5.41) is 0. The van der Waals surface area contributed by atoms with Gasteiger partial charge in [0.15, 0.2) is 6.10 Å². The van der Waals surface area contributed by atoms with E-state index in [4.69, 9.17) is 18.5 Å². The van der Waals surface area contributed by atoms with Crippen molar-refractivity contribution in [2.24, 2.45) is 0 Å². The number of quaternary nitrogens is 1. The van der Waals surface area contributed by atoms with Crippen LogP contribution in [0.25, 0.3) is 0 Å². The van der Waals surface area contributed by atoms with E-state index in [1.54, 1.807) is 0 Å². The molecule has 0 amide bonds. The summed E-state index contributed by atoms with van der Waals surface area (Å²) >= 11 is 0. The lowest BCUT2D eigenvalue weighted by atomic mass is 10.1. The first-order valence-corrected chi connectivity index (χ1v) is 23.3. The Hall–Kier alpha value is -2.81. The number of unbranched alkanes of at least 4 members (excludes halogenated alkanes) is 10. The topological polar surface area (TPSA) is 111 Å². The van der Waals surface area contributed by atoms with Gasteiger partial charge in [0.25, 0.3) is 7.82 Å². The minimum atomic E-state index is -4.64. The van der Waals surface area contributed by atoms with Crippen LogP contribution in [0.2, 0.25) is 0 Å². The molecule has 0 aliphatic carbocycles. The van der Waals surface area contributed by atoms with E-state index >= 15 is 0 Å². The fraction of sp³-hybridized carbons (Fsp3) is 0.660. The number of esters is 2. The van der Waals surface area contributed by atoms with E-state index in [0.29, 0.717) is 23.9 Å². The quantitative estimate of drug-likeness (QED) is 0.0199. The van der Waals surface area contributed by atoms with Crippen molar-refractivity contribution in [1.29, 1.82) is 0 Å². The molecule has 0 heterocycles. The maximum atomic E-state index is 12.6. The lowest BCUT2D eigenvalue weighted by Gasteiger charge is -2.28. The Bertz CT molecular complexity index is 1240. The number of carbonyl (C=O) groups is 2. The molecule has 0 bridgehead atoms. The maximum Gasteiger partial charge on any atom is 0.306 e. The van der Waals surface area contributed by atoms with Crippen LogP contribution in [0.15, 0.2) is 85.1 Å². The molecule has 2 atom stereocenters. The van der Waals surface area contributed by atoms with Gasteiger partial charge in [-0.3, -0.25) is 14.2 Å². The third-order valence-electron chi connectivity index (χ3n) is 8.68. The van der Waals surface area contributed by atoms with Crippen LogP contribution in [0, 0.1) is 0 Å². The average Bonchev–Trinajstić information content (AvgIpc) is 3.16. The Morgan fingerprint density at radius 2 is 1.00 bits per heavy atom. The molecule has 0 fully saturated rings. The molecule has 0 rings (SSSR count). The standard InChI is InChI=1S/C47H80NO8P/c1-6-8-10-12-14-16-18-19-20-21-22-23-24-25-26-27-28-29-30-32-34-36-38-40-47(50)56-45(44-55-57(51,52)54-42-41-48(3,4)5)43-53-46(49)39-37-35-33-31-17-15-13-11-9-7-2/h8,10,14,16,19-20,22-23,25-26,28-29,32,34,45H,6-7,9,11-13,15,17-18,21,24,27,30-31,33,35-44H2,1-5H3/b10-8-,16-14-,20-19-,23-22-,26-25-,29-28-,34-32-. The summed E-state index contributed by atoms with van der Waals surface area (Å²) in [4.78, 5) is 37.4. The Morgan fingerprint density at radius 3 is 1.47 bits per heavy atom. The molecular weight excluding hydrogens is 737 g/mol. The van der Waals surface area contributed by atoms with Crippen LogP contribution in [-0.4, -0.2) is 70.0 Å². The highest BCUT2D eigenvalue weighted by Gasteiger charge is 2.21. The monoisotopic (exact) mass is 818 g/mol. The molecule has 0 aliphatic heterocycles. The molecule has 0 N–H and O–H groups in total. The Morgan fingerprint density at radius 1 is 0.561 bits per heavy atom. The minimum absolute atomic E-state index is 0.0455. The summed E-state index contributed by atoms with van der Waals surface area (Å²) < 4.78 is 33.8. The second kappa shape index (κ2) is 38.7. The molecule has 0 saturated carbocycles. The fourth-order valence-electron chi connectivity index (χ4n) is 5.29. The zero-order chi connectivity index (χ0) is 42.1. The molecule has 0 aliphatic rings. The van der Waals surface area contributed by atoms with E-state index in [2.05, 4.69) is 92.8 Å². The van der Waals surface area contributed by atoms with Crippen LogP contribution in [-0.2, 0) is 32.7 Å². The van der Waals surface area contributed by atoms with Gasteiger partial charge in [-0.1, -0.05) is 157 Å². The lowest BCUT2D eigenvalue weighted by molar-refractivity contribution is -0.870. The van der Waals surface area contributed by atoms with Gasteiger partial charge < -0.3 is 27.9 Å². The van der Waals surface area contributed by atoms with E-state index in [9.17, 15) is 19.0 Å². The van der Waals surface area contributed by atoms with Crippen LogP contribution < -0.4 is 4.89 Å². The normalized spacial score (nSPS) is 14.4. The highest BCUT2D eigenvalue weighted by atomic mass is 31.2. The van der Waals surface area contributed by atoms with Crippen LogP contribution in [0.5, 0.6) is 0 Å². The van der Waals surface area contributed by atoms with Crippen molar-refractivity contribution in [2.75, 3.05) is 47.5 Å². The van der Waals surface area contributed by atoms with E-state index < -0.39 is 32.5 Å². The molecule has 0 aromatic rings. The van der Waals surface area contributed by atoms with Crippen molar-refractivity contribution in [1.82, 2.24) is 0 Å². The number of carbonyl (C=O) groups excluding carboxylic acids is 2. The molecule has 0 radical (unpaired) electrons. The van der Waals surface area contributed by atoms with Gasteiger partial charge in [0.1, 0.15) is 19.8 Å². The molecule has 0 aromatic heterocycles. The maximum absolute atomic E-state index is 12.6. The number of phosphoric ester groups is 1. The van der Waals surface area contributed by atoms with Crippen LogP contribution in [0.1, 0.15) is 149 Å². The summed E-state index contributed by atoms with van der Waals surface area (Å²) in [6, 6.07) is 0. The zero-order valence-electron chi connectivity index (χ0n) is 36.5. The van der Waals surface area contributed by atoms with Crippen molar-refractivity contribution in [3.05, 3.63) is 85.1 Å². The molecule has 10 heteroatoms. The van der Waals surface area contributed by atoms with Crippen molar-refractivity contribution in [2.45, 2.75) is 155 Å². The first-order valence-electron chi connectivity index (χ1n) is 21.8. The minimum Gasteiger partial charge on any atom is -0.756 e. The third-order valence-corrected chi connectivity index (χ3v) is 9.64. The molecule has 0 aromatic carbocycles. The van der Waals surface area contributed by atoms with Crippen molar-refractivity contribution >= 4 is 19.8 Å². The molecule has 57 heavy (non-hydrogen) atoms. The van der Waals surface area contributed by atoms with Crippen molar-refractivity contribution < 1.29 is 42.1 Å². The first-order chi connectivity index (χ1) is 27.5. The summed E-state index contributed by atoms with van der Waals surface area (Å²) in [6.45, 7) is 4.00. The van der Waals surface area contributed by atoms with Crippen LogP contribution in [0.3, 0.4) is 0 Å². The largest absolute Gasteiger partial charge is 0.756 e. The Balaban J connectivity index is 4.45. The highest BCUT2D eigenvalue weighted by molar-refractivity contribution is 7.45. The van der Waals surface area contributed by atoms with E-state index in [0.717, 1.165) is 64.2 Å². The second-order valence-corrected chi connectivity index (χ2v) is 16.7. The zero-order valence-corrected chi connectivity index (χ0v) is 37.4. The number of allylic oxidation sites excluding steroid dienone is 14. The van der Waals surface area contributed by atoms with E-state index in [-0.39, 0.29) is 26.1 Å². The van der Waals surface area contributed by atoms with Gasteiger partial charge in [-0.15, -0.1) is 0 Å². The number of hydrogen-bond donors (Lipinski definition) is 0. The van der Waals surface area contributed by atoms with Gasteiger partial charge in [-0.05, 0) is 64.2 Å². The molecule has 2 unspecified atom stereocenters. The summed E-state index contributed by atoms with van der Waals surface area (Å²) in [5.41, 5.74) is 0.